The smallest absolute Gasteiger partial charge is 0.139 e. The zero-order valence-electron chi connectivity index (χ0n) is 13.0. The Hall–Kier alpha value is -1.64. The summed E-state index contributed by atoms with van der Waals surface area (Å²) in [6, 6.07) is 4.47. The number of aromatic nitrogens is 2. The highest BCUT2D eigenvalue weighted by atomic mass is 16.1. The van der Waals surface area contributed by atoms with Crippen molar-refractivity contribution in [3.05, 3.63) is 35.9 Å². The second kappa shape index (κ2) is 4.43. The van der Waals surface area contributed by atoms with Crippen LogP contribution in [0.3, 0.4) is 0 Å². The van der Waals surface area contributed by atoms with Crippen LogP contribution < -0.4 is 0 Å². The number of carbonyl (C=O) groups is 1. The summed E-state index contributed by atoms with van der Waals surface area (Å²) in [4.78, 5) is 17.1. The Kier molecular flexibility index (Phi) is 2.59. The number of rotatable bonds is 3. The molecule has 4 unspecified atom stereocenters. The lowest BCUT2D eigenvalue weighted by molar-refractivity contribution is -0.126. The van der Waals surface area contributed by atoms with Gasteiger partial charge in [-0.2, -0.15) is 0 Å². The Balaban J connectivity index is 1.64. The Morgan fingerprint density at radius 1 is 1.18 bits per heavy atom. The number of carbonyl (C=O) groups excluding carboxylic acids is 1. The molecule has 2 heterocycles. The molecule has 3 aliphatic carbocycles. The highest BCUT2D eigenvalue weighted by molar-refractivity contribution is 5.87. The second-order valence-corrected chi connectivity index (χ2v) is 7.62. The summed E-state index contributed by atoms with van der Waals surface area (Å²) in [7, 11) is 0. The van der Waals surface area contributed by atoms with E-state index in [-0.39, 0.29) is 5.92 Å². The van der Waals surface area contributed by atoms with Gasteiger partial charge < -0.3 is 4.40 Å². The fourth-order valence-electron chi connectivity index (χ4n) is 5.18. The topological polar surface area (TPSA) is 34.4 Å². The van der Waals surface area contributed by atoms with E-state index in [0.29, 0.717) is 29.5 Å². The minimum atomic E-state index is 0.240. The lowest BCUT2D eigenvalue weighted by atomic mass is 9.76. The fraction of sp³-hybridized carbons (Fsp3) is 0.579. The highest BCUT2D eigenvalue weighted by Crippen LogP contribution is 2.52. The lowest BCUT2D eigenvalue weighted by Crippen LogP contribution is -2.28. The largest absolute Gasteiger partial charge is 0.303 e. The maximum Gasteiger partial charge on any atom is 0.139 e. The number of hydrogen-bond acceptors (Lipinski definition) is 2. The predicted molar refractivity (Wildman–Crippen MR) is 84.9 cm³/mol. The van der Waals surface area contributed by atoms with Crippen LogP contribution in [0.5, 0.6) is 0 Å². The molecule has 0 amide bonds. The van der Waals surface area contributed by atoms with Gasteiger partial charge in [-0.15, -0.1) is 0 Å². The van der Waals surface area contributed by atoms with Crippen molar-refractivity contribution in [2.75, 3.05) is 0 Å². The summed E-state index contributed by atoms with van der Waals surface area (Å²) < 4.78 is 2.25. The zero-order chi connectivity index (χ0) is 14.8. The van der Waals surface area contributed by atoms with E-state index in [1.165, 1.54) is 30.5 Å². The molecule has 2 aromatic heterocycles. The van der Waals surface area contributed by atoms with E-state index < -0.39 is 0 Å². The van der Waals surface area contributed by atoms with Crippen LogP contribution in [0.25, 0.3) is 5.52 Å². The standard InChI is InChI=1S/C19H22N2O/c1-11(17-13-4-5-14(8-13)19(17)22)18-16(12-2-3-12)7-6-15-9-20-10-21(15)18/h6-7,9-14,17H,2-5,8H2,1H3. The van der Waals surface area contributed by atoms with Crippen LogP contribution in [0.2, 0.25) is 0 Å². The number of Topliss-reactive ketones (excluding diaryl/α,β-unsaturated/α-hetero) is 1. The Morgan fingerprint density at radius 3 is 2.73 bits per heavy atom. The molecule has 0 spiro atoms. The number of pyridine rings is 1. The van der Waals surface area contributed by atoms with Crippen LogP contribution in [-0.4, -0.2) is 15.2 Å². The molecule has 3 fully saturated rings. The molecule has 0 saturated heterocycles. The van der Waals surface area contributed by atoms with Crippen molar-refractivity contribution in [3.63, 3.8) is 0 Å². The van der Waals surface area contributed by atoms with Crippen LogP contribution in [0.15, 0.2) is 24.7 Å². The molecule has 2 bridgehead atoms. The van der Waals surface area contributed by atoms with Crippen molar-refractivity contribution in [2.24, 2.45) is 17.8 Å². The first-order valence-electron chi connectivity index (χ1n) is 8.72. The number of ketones is 1. The van der Waals surface area contributed by atoms with Gasteiger partial charge in [0.2, 0.25) is 0 Å². The first kappa shape index (κ1) is 12.9. The minimum absolute atomic E-state index is 0.240. The van der Waals surface area contributed by atoms with Crippen LogP contribution in [-0.2, 0) is 4.79 Å². The third-order valence-corrected chi connectivity index (χ3v) is 6.36. The van der Waals surface area contributed by atoms with Crippen molar-refractivity contribution in [2.45, 2.75) is 50.9 Å². The molecule has 0 aliphatic heterocycles. The van der Waals surface area contributed by atoms with Gasteiger partial charge in [-0.3, -0.25) is 4.79 Å². The van der Waals surface area contributed by atoms with Crippen LogP contribution in [0, 0.1) is 17.8 Å². The molecule has 3 aliphatic rings. The average molecular weight is 294 g/mol. The second-order valence-electron chi connectivity index (χ2n) is 7.62. The van der Waals surface area contributed by atoms with Gasteiger partial charge in [0.15, 0.2) is 0 Å². The third-order valence-electron chi connectivity index (χ3n) is 6.36. The molecule has 0 aromatic carbocycles. The van der Waals surface area contributed by atoms with E-state index in [0.717, 1.165) is 18.4 Å². The quantitative estimate of drug-likeness (QED) is 0.859. The van der Waals surface area contributed by atoms with Crippen LogP contribution in [0.1, 0.15) is 62.1 Å². The van der Waals surface area contributed by atoms with Gasteiger partial charge in [0.25, 0.3) is 0 Å². The zero-order valence-corrected chi connectivity index (χ0v) is 13.0. The van der Waals surface area contributed by atoms with E-state index in [9.17, 15) is 4.79 Å². The van der Waals surface area contributed by atoms with Gasteiger partial charge in [0.05, 0.1) is 18.0 Å². The van der Waals surface area contributed by atoms with Gasteiger partial charge in [0, 0.05) is 23.4 Å². The minimum Gasteiger partial charge on any atom is -0.303 e. The molecular weight excluding hydrogens is 272 g/mol. The van der Waals surface area contributed by atoms with Gasteiger partial charge in [-0.05, 0) is 55.6 Å². The number of hydrogen-bond donors (Lipinski definition) is 0. The molecule has 3 heteroatoms. The van der Waals surface area contributed by atoms with E-state index >= 15 is 0 Å². The van der Waals surface area contributed by atoms with Gasteiger partial charge >= 0.3 is 0 Å². The maximum atomic E-state index is 12.7. The molecule has 4 atom stereocenters. The molecule has 22 heavy (non-hydrogen) atoms. The molecule has 2 aromatic rings. The Morgan fingerprint density at radius 2 is 2.00 bits per heavy atom. The van der Waals surface area contributed by atoms with Crippen molar-refractivity contribution in [1.29, 1.82) is 0 Å². The molecule has 0 N–H and O–H groups in total. The molecular formula is C19H22N2O. The van der Waals surface area contributed by atoms with E-state index in [1.54, 1.807) is 0 Å². The van der Waals surface area contributed by atoms with Gasteiger partial charge in [-0.1, -0.05) is 13.0 Å². The summed E-state index contributed by atoms with van der Waals surface area (Å²) >= 11 is 0. The summed E-state index contributed by atoms with van der Waals surface area (Å²) in [5.74, 6) is 2.79. The van der Waals surface area contributed by atoms with Crippen molar-refractivity contribution >= 4 is 11.3 Å². The monoisotopic (exact) mass is 294 g/mol. The molecule has 0 radical (unpaired) electrons. The predicted octanol–water partition coefficient (Wildman–Crippen LogP) is 3.93. The number of fused-ring (bicyclic) bond motifs is 3. The van der Waals surface area contributed by atoms with Crippen molar-refractivity contribution in [3.8, 4) is 0 Å². The first-order valence-corrected chi connectivity index (χ1v) is 8.72. The van der Waals surface area contributed by atoms with E-state index in [2.05, 4.69) is 28.4 Å². The third kappa shape index (κ3) is 1.68. The summed E-state index contributed by atoms with van der Waals surface area (Å²) in [6.45, 7) is 2.28. The van der Waals surface area contributed by atoms with Crippen LogP contribution in [0.4, 0.5) is 0 Å². The summed E-state index contributed by atoms with van der Waals surface area (Å²) in [5.41, 5.74) is 3.99. The van der Waals surface area contributed by atoms with Gasteiger partial charge in [-0.25, -0.2) is 4.98 Å². The van der Waals surface area contributed by atoms with Crippen molar-refractivity contribution < 1.29 is 4.79 Å². The lowest BCUT2D eigenvalue weighted by Gasteiger charge is -2.29. The Bertz CT molecular complexity index is 758. The Labute approximate surface area is 130 Å². The van der Waals surface area contributed by atoms with E-state index in [1.807, 2.05) is 12.5 Å². The first-order chi connectivity index (χ1) is 10.7. The number of nitrogens with zero attached hydrogens (tertiary/aromatic N) is 2. The maximum absolute atomic E-state index is 12.7. The molecule has 3 nitrogen and oxygen atoms in total. The van der Waals surface area contributed by atoms with Gasteiger partial charge in [0.1, 0.15) is 5.78 Å². The normalized spacial score (nSPS) is 32.0. The summed E-state index contributed by atoms with van der Waals surface area (Å²) in [6.07, 6.45) is 9.99. The number of imidazole rings is 1. The SMILES string of the molecule is CC(c1c(C2CC2)ccc2cncn12)C1C(=O)C2CCC1C2. The molecule has 114 valence electrons. The average Bonchev–Trinajstić information content (AvgIpc) is 2.96. The van der Waals surface area contributed by atoms with Crippen LogP contribution >= 0.6 is 0 Å². The van der Waals surface area contributed by atoms with Crippen molar-refractivity contribution in [1.82, 2.24) is 9.38 Å². The highest BCUT2D eigenvalue weighted by Gasteiger charge is 2.49. The molecule has 3 saturated carbocycles. The molecule has 5 rings (SSSR count). The summed E-state index contributed by atoms with van der Waals surface area (Å²) in [5, 5.41) is 0. The fourth-order valence-corrected chi connectivity index (χ4v) is 5.18. The van der Waals surface area contributed by atoms with E-state index in [4.69, 9.17) is 0 Å².